The number of hydrogen-bond acceptors (Lipinski definition) is 2. The van der Waals surface area contributed by atoms with Crippen LogP contribution in [-0.2, 0) is 4.79 Å². The van der Waals surface area contributed by atoms with Crippen molar-refractivity contribution in [2.24, 2.45) is 16.7 Å². The van der Waals surface area contributed by atoms with E-state index in [0.717, 1.165) is 12.5 Å². The number of carbonyl (C=O) groups excluding carboxylic acids is 1. The summed E-state index contributed by atoms with van der Waals surface area (Å²) < 4.78 is 0. The smallest absolute Gasteiger partial charge is 0.221 e. The minimum Gasteiger partial charge on any atom is -0.353 e. The van der Waals surface area contributed by atoms with Gasteiger partial charge in [0.2, 0.25) is 5.91 Å². The third-order valence-corrected chi connectivity index (χ3v) is 5.73. The van der Waals surface area contributed by atoms with Gasteiger partial charge in [-0.25, -0.2) is 0 Å². The fraction of sp³-hybridized carbons (Fsp3) is 0.929. The van der Waals surface area contributed by atoms with E-state index in [4.69, 9.17) is 0 Å². The molecule has 3 atom stereocenters. The molecule has 2 N–H and O–H groups in total. The van der Waals surface area contributed by atoms with Crippen LogP contribution in [0.15, 0.2) is 0 Å². The van der Waals surface area contributed by atoms with Crippen LogP contribution in [0.5, 0.6) is 0 Å². The second-order valence-electron chi connectivity index (χ2n) is 6.58. The predicted molar refractivity (Wildman–Crippen MR) is 69.7 cm³/mol. The highest BCUT2D eigenvalue weighted by atomic mass is 16.1. The summed E-state index contributed by atoms with van der Waals surface area (Å²) >= 11 is 0. The summed E-state index contributed by atoms with van der Waals surface area (Å²) in [5, 5.41) is 6.28. The Balaban J connectivity index is 1.98. The molecule has 0 heterocycles. The molecule has 0 aromatic carbocycles. The van der Waals surface area contributed by atoms with Crippen molar-refractivity contribution in [3.63, 3.8) is 0 Å². The van der Waals surface area contributed by atoms with Crippen LogP contribution >= 0.6 is 0 Å². The zero-order valence-corrected chi connectivity index (χ0v) is 11.6. The fourth-order valence-electron chi connectivity index (χ4n) is 3.93. The van der Waals surface area contributed by atoms with Crippen LogP contribution in [0.1, 0.15) is 46.5 Å². The Labute approximate surface area is 105 Å². The SMILES string of the molecule is CNCCC(=O)NC1CC2CCC1(C)C2(C)C. The molecule has 0 aromatic rings. The molecule has 0 radical (unpaired) electrons. The van der Waals surface area contributed by atoms with Crippen molar-refractivity contribution in [3.8, 4) is 0 Å². The van der Waals surface area contributed by atoms with E-state index in [0.29, 0.717) is 23.3 Å². The average Bonchev–Trinajstić information content (AvgIpc) is 2.59. The minimum atomic E-state index is 0.203. The third-order valence-electron chi connectivity index (χ3n) is 5.73. The maximum absolute atomic E-state index is 11.8. The van der Waals surface area contributed by atoms with Crippen molar-refractivity contribution in [1.82, 2.24) is 10.6 Å². The quantitative estimate of drug-likeness (QED) is 0.786. The molecule has 2 rings (SSSR count). The van der Waals surface area contributed by atoms with Gasteiger partial charge < -0.3 is 10.6 Å². The molecule has 0 saturated heterocycles. The van der Waals surface area contributed by atoms with Crippen LogP contribution in [0.25, 0.3) is 0 Å². The highest BCUT2D eigenvalue weighted by Crippen LogP contribution is 2.65. The number of rotatable bonds is 4. The lowest BCUT2D eigenvalue weighted by atomic mass is 9.69. The molecular weight excluding hydrogens is 212 g/mol. The molecule has 0 spiro atoms. The van der Waals surface area contributed by atoms with E-state index in [2.05, 4.69) is 31.4 Å². The largest absolute Gasteiger partial charge is 0.353 e. The van der Waals surface area contributed by atoms with Crippen molar-refractivity contribution in [3.05, 3.63) is 0 Å². The summed E-state index contributed by atoms with van der Waals surface area (Å²) in [5.41, 5.74) is 0.681. The number of hydrogen-bond donors (Lipinski definition) is 2. The predicted octanol–water partition coefficient (Wildman–Crippen LogP) is 1.93. The van der Waals surface area contributed by atoms with Gasteiger partial charge >= 0.3 is 0 Å². The van der Waals surface area contributed by atoms with Gasteiger partial charge in [0.15, 0.2) is 0 Å². The summed E-state index contributed by atoms with van der Waals surface area (Å²) in [6.07, 6.45) is 4.37. The first-order valence-corrected chi connectivity index (χ1v) is 6.86. The Kier molecular flexibility index (Phi) is 3.23. The van der Waals surface area contributed by atoms with Crippen LogP contribution in [0, 0.1) is 16.7 Å². The first-order valence-electron chi connectivity index (χ1n) is 6.86. The van der Waals surface area contributed by atoms with E-state index in [-0.39, 0.29) is 5.91 Å². The van der Waals surface area contributed by atoms with E-state index >= 15 is 0 Å². The molecule has 0 aliphatic heterocycles. The molecule has 3 nitrogen and oxygen atoms in total. The minimum absolute atomic E-state index is 0.203. The summed E-state index contributed by atoms with van der Waals surface area (Å²) in [6, 6.07) is 0.389. The highest BCUT2D eigenvalue weighted by Gasteiger charge is 2.61. The molecule has 2 saturated carbocycles. The Morgan fingerprint density at radius 3 is 2.53 bits per heavy atom. The van der Waals surface area contributed by atoms with Gasteiger partial charge in [0, 0.05) is 19.0 Å². The van der Waals surface area contributed by atoms with Gasteiger partial charge in [0.1, 0.15) is 0 Å². The van der Waals surface area contributed by atoms with Crippen molar-refractivity contribution in [2.45, 2.75) is 52.5 Å². The molecule has 3 heteroatoms. The monoisotopic (exact) mass is 238 g/mol. The highest BCUT2D eigenvalue weighted by molar-refractivity contribution is 5.76. The van der Waals surface area contributed by atoms with Crippen molar-refractivity contribution < 1.29 is 4.79 Å². The van der Waals surface area contributed by atoms with E-state index in [1.165, 1.54) is 19.3 Å². The molecule has 1 amide bonds. The van der Waals surface area contributed by atoms with Crippen LogP contribution < -0.4 is 10.6 Å². The molecule has 0 aromatic heterocycles. The van der Waals surface area contributed by atoms with Crippen LogP contribution in [0.3, 0.4) is 0 Å². The average molecular weight is 238 g/mol. The molecule has 2 bridgehead atoms. The molecule has 2 aliphatic rings. The molecule has 17 heavy (non-hydrogen) atoms. The zero-order chi connectivity index (χ0) is 12.7. The van der Waals surface area contributed by atoms with E-state index in [9.17, 15) is 4.79 Å². The van der Waals surface area contributed by atoms with Gasteiger partial charge in [-0.2, -0.15) is 0 Å². The molecular formula is C14H26N2O. The van der Waals surface area contributed by atoms with Crippen LogP contribution in [0.2, 0.25) is 0 Å². The van der Waals surface area contributed by atoms with E-state index < -0.39 is 0 Å². The van der Waals surface area contributed by atoms with Gasteiger partial charge in [-0.1, -0.05) is 20.8 Å². The second kappa shape index (κ2) is 4.27. The molecule has 2 fully saturated rings. The molecule has 2 aliphatic carbocycles. The van der Waals surface area contributed by atoms with Crippen LogP contribution in [0.4, 0.5) is 0 Å². The molecule has 3 unspecified atom stereocenters. The third kappa shape index (κ3) is 1.88. The maximum atomic E-state index is 11.8. The lowest BCUT2D eigenvalue weighted by molar-refractivity contribution is -0.122. The number of nitrogens with one attached hydrogen (secondary N) is 2. The lowest BCUT2D eigenvalue weighted by Gasteiger charge is -2.39. The Morgan fingerprint density at radius 1 is 1.35 bits per heavy atom. The van der Waals surface area contributed by atoms with E-state index in [1.54, 1.807) is 0 Å². The number of amides is 1. The first kappa shape index (κ1) is 12.9. The second-order valence-corrected chi connectivity index (χ2v) is 6.58. The van der Waals surface area contributed by atoms with Crippen molar-refractivity contribution in [2.75, 3.05) is 13.6 Å². The maximum Gasteiger partial charge on any atom is 0.221 e. The topological polar surface area (TPSA) is 41.1 Å². The van der Waals surface area contributed by atoms with Gasteiger partial charge in [-0.05, 0) is 43.1 Å². The Bertz CT molecular complexity index is 313. The van der Waals surface area contributed by atoms with Gasteiger partial charge in [-0.3, -0.25) is 4.79 Å². The van der Waals surface area contributed by atoms with Gasteiger partial charge in [0.05, 0.1) is 0 Å². The lowest BCUT2D eigenvalue weighted by Crippen LogP contribution is -2.47. The summed E-state index contributed by atoms with van der Waals surface area (Å²) in [4.78, 5) is 11.8. The van der Waals surface area contributed by atoms with E-state index in [1.807, 2.05) is 7.05 Å². The summed E-state index contributed by atoms with van der Waals surface area (Å²) in [7, 11) is 1.88. The van der Waals surface area contributed by atoms with Gasteiger partial charge in [0.25, 0.3) is 0 Å². The number of fused-ring (bicyclic) bond motifs is 2. The summed E-state index contributed by atoms with van der Waals surface area (Å²) in [5.74, 6) is 0.996. The fourth-order valence-corrected chi connectivity index (χ4v) is 3.93. The Morgan fingerprint density at radius 2 is 2.06 bits per heavy atom. The molecule has 98 valence electrons. The Hall–Kier alpha value is -0.570. The zero-order valence-electron chi connectivity index (χ0n) is 11.6. The van der Waals surface area contributed by atoms with Crippen molar-refractivity contribution in [1.29, 1.82) is 0 Å². The first-order chi connectivity index (χ1) is 7.91. The van der Waals surface area contributed by atoms with Crippen LogP contribution in [-0.4, -0.2) is 25.5 Å². The normalized spacial score (nSPS) is 38.4. The van der Waals surface area contributed by atoms with Crippen molar-refractivity contribution >= 4 is 5.91 Å². The number of carbonyl (C=O) groups is 1. The standard InChI is InChI=1S/C14H26N2O/c1-13(2)10-5-7-14(13,3)11(9-10)16-12(17)6-8-15-4/h10-11,15H,5-9H2,1-4H3,(H,16,17). The summed E-state index contributed by atoms with van der Waals surface area (Å²) in [6.45, 7) is 7.89. The van der Waals surface area contributed by atoms with Gasteiger partial charge in [-0.15, -0.1) is 0 Å².